The van der Waals surface area contributed by atoms with Crippen LogP contribution in [0.3, 0.4) is 0 Å². The van der Waals surface area contributed by atoms with Gasteiger partial charge in [0.05, 0.1) is 5.56 Å². The number of alkyl halides is 3. The van der Waals surface area contributed by atoms with Gasteiger partial charge in [0.15, 0.2) is 0 Å². The zero-order valence-corrected chi connectivity index (χ0v) is 16.4. The molecule has 0 saturated carbocycles. The third-order valence-corrected chi connectivity index (χ3v) is 4.47. The molecule has 0 radical (unpaired) electrons. The van der Waals surface area contributed by atoms with E-state index >= 15 is 0 Å². The number of amides is 1. The summed E-state index contributed by atoms with van der Waals surface area (Å²) in [6.07, 6.45) is -1.59. The summed E-state index contributed by atoms with van der Waals surface area (Å²) in [6, 6.07) is 6.14. The van der Waals surface area contributed by atoms with Gasteiger partial charge in [0.1, 0.15) is 11.6 Å². The van der Waals surface area contributed by atoms with Gasteiger partial charge in [0, 0.05) is 29.0 Å². The van der Waals surface area contributed by atoms with Gasteiger partial charge in [-0.2, -0.15) is 18.4 Å². The monoisotopic (exact) mass is 394 g/mol. The van der Waals surface area contributed by atoms with E-state index in [4.69, 9.17) is 0 Å². The molecule has 28 heavy (non-hydrogen) atoms. The summed E-state index contributed by atoms with van der Waals surface area (Å²) < 4.78 is 38.4. The maximum absolute atomic E-state index is 12.8. The fraction of sp³-hybridized carbons (Fsp3) is 0.500. The van der Waals surface area contributed by atoms with Crippen LogP contribution in [-0.4, -0.2) is 23.0 Å². The van der Waals surface area contributed by atoms with Crippen LogP contribution in [0.1, 0.15) is 46.1 Å². The first-order valence-corrected chi connectivity index (χ1v) is 8.96. The molecule has 0 aliphatic carbocycles. The van der Waals surface area contributed by atoms with Gasteiger partial charge in [0.2, 0.25) is 0 Å². The Morgan fingerprint density at radius 1 is 1.25 bits per heavy atom. The SMILES string of the molecule is CC1(C)CC(N/C=C(/C#N)C(=O)Nc2cccc(C(F)(F)F)c2)CC(C)(C)N1. The molecule has 0 aromatic heterocycles. The van der Waals surface area contributed by atoms with E-state index in [9.17, 15) is 23.2 Å². The van der Waals surface area contributed by atoms with Crippen molar-refractivity contribution in [3.05, 3.63) is 41.6 Å². The van der Waals surface area contributed by atoms with E-state index < -0.39 is 17.6 Å². The molecule has 2 rings (SSSR count). The molecular formula is C20H25F3N4O. The summed E-state index contributed by atoms with van der Waals surface area (Å²) in [5.74, 6) is -0.762. The van der Waals surface area contributed by atoms with Crippen molar-refractivity contribution in [1.82, 2.24) is 10.6 Å². The fourth-order valence-corrected chi connectivity index (χ4v) is 3.76. The number of nitrogens with one attached hydrogen (secondary N) is 3. The zero-order valence-electron chi connectivity index (χ0n) is 16.4. The van der Waals surface area contributed by atoms with Crippen LogP contribution in [-0.2, 0) is 11.0 Å². The lowest BCUT2D eigenvalue weighted by Crippen LogP contribution is -2.61. The molecule has 1 saturated heterocycles. The molecule has 152 valence electrons. The molecule has 8 heteroatoms. The highest BCUT2D eigenvalue weighted by atomic mass is 19.4. The van der Waals surface area contributed by atoms with Crippen LogP contribution in [0.5, 0.6) is 0 Å². The zero-order chi connectivity index (χ0) is 21.2. The number of hydrogen-bond acceptors (Lipinski definition) is 4. The average Bonchev–Trinajstić information content (AvgIpc) is 2.52. The van der Waals surface area contributed by atoms with E-state index in [1.807, 2.05) is 0 Å². The van der Waals surface area contributed by atoms with Gasteiger partial charge in [0.25, 0.3) is 5.91 Å². The molecular weight excluding hydrogens is 369 g/mol. The van der Waals surface area contributed by atoms with Crippen LogP contribution >= 0.6 is 0 Å². The minimum Gasteiger partial charge on any atom is -0.387 e. The molecule has 3 N–H and O–H groups in total. The Kier molecular flexibility index (Phi) is 6.09. The number of carbonyl (C=O) groups is 1. The molecule has 0 atom stereocenters. The van der Waals surface area contributed by atoms with Crippen molar-refractivity contribution in [1.29, 1.82) is 5.26 Å². The molecule has 1 heterocycles. The van der Waals surface area contributed by atoms with Crippen molar-refractivity contribution in [3.63, 3.8) is 0 Å². The Balaban J connectivity index is 2.08. The van der Waals surface area contributed by atoms with Crippen molar-refractivity contribution < 1.29 is 18.0 Å². The van der Waals surface area contributed by atoms with Gasteiger partial charge in [-0.3, -0.25) is 4.79 Å². The maximum atomic E-state index is 12.8. The lowest BCUT2D eigenvalue weighted by Gasteiger charge is -2.46. The van der Waals surface area contributed by atoms with Gasteiger partial charge in [-0.25, -0.2) is 0 Å². The van der Waals surface area contributed by atoms with Crippen LogP contribution in [0.2, 0.25) is 0 Å². The van der Waals surface area contributed by atoms with Crippen LogP contribution in [0.4, 0.5) is 18.9 Å². The first-order chi connectivity index (χ1) is 12.8. The van der Waals surface area contributed by atoms with Crippen molar-refractivity contribution in [2.24, 2.45) is 0 Å². The number of benzene rings is 1. The Morgan fingerprint density at radius 2 is 1.86 bits per heavy atom. The molecule has 5 nitrogen and oxygen atoms in total. The number of nitrogens with zero attached hydrogens (tertiary/aromatic N) is 1. The summed E-state index contributed by atoms with van der Waals surface area (Å²) in [4.78, 5) is 12.3. The minimum atomic E-state index is -4.51. The Bertz CT molecular complexity index is 790. The third kappa shape index (κ3) is 5.99. The smallest absolute Gasteiger partial charge is 0.387 e. The number of anilines is 1. The molecule has 1 aromatic rings. The van der Waals surface area contributed by atoms with Crippen molar-refractivity contribution in [2.75, 3.05) is 5.32 Å². The summed E-state index contributed by atoms with van der Waals surface area (Å²) in [6.45, 7) is 8.32. The highest BCUT2D eigenvalue weighted by molar-refractivity contribution is 6.06. The molecule has 0 spiro atoms. The van der Waals surface area contributed by atoms with Gasteiger partial charge in [-0.15, -0.1) is 0 Å². The normalized spacial score (nSPS) is 19.6. The number of nitriles is 1. The lowest BCUT2D eigenvalue weighted by molar-refractivity contribution is -0.137. The molecule has 1 aliphatic rings. The van der Waals surface area contributed by atoms with E-state index in [1.54, 1.807) is 6.07 Å². The fourth-order valence-electron chi connectivity index (χ4n) is 3.76. The van der Waals surface area contributed by atoms with Crippen LogP contribution in [0.15, 0.2) is 36.0 Å². The second-order valence-corrected chi connectivity index (χ2v) is 8.37. The topological polar surface area (TPSA) is 77.0 Å². The summed E-state index contributed by atoms with van der Waals surface area (Å²) in [5, 5.41) is 18.3. The standard InChI is InChI=1S/C20H25F3N4O/c1-18(2)9-16(10-19(3,4)27-18)25-12-13(11-24)17(28)26-15-7-5-6-14(8-15)20(21,22)23/h5-8,12,16,25,27H,9-10H2,1-4H3,(H,26,28)/b13-12-. The van der Waals surface area contributed by atoms with Gasteiger partial charge >= 0.3 is 6.18 Å². The summed E-state index contributed by atoms with van der Waals surface area (Å²) in [7, 11) is 0. The highest BCUT2D eigenvalue weighted by Crippen LogP contribution is 2.31. The van der Waals surface area contributed by atoms with Gasteiger partial charge in [-0.05, 0) is 58.7 Å². The minimum absolute atomic E-state index is 0.0230. The van der Waals surface area contributed by atoms with Crippen molar-refractivity contribution >= 4 is 11.6 Å². The molecule has 1 aliphatic heterocycles. The number of rotatable bonds is 4. The van der Waals surface area contributed by atoms with Crippen LogP contribution in [0, 0.1) is 11.3 Å². The predicted molar refractivity (Wildman–Crippen MR) is 101 cm³/mol. The first-order valence-electron chi connectivity index (χ1n) is 8.96. The summed E-state index contributed by atoms with van der Waals surface area (Å²) >= 11 is 0. The highest BCUT2D eigenvalue weighted by Gasteiger charge is 2.37. The van der Waals surface area contributed by atoms with E-state index in [0.29, 0.717) is 0 Å². The van der Waals surface area contributed by atoms with E-state index in [2.05, 4.69) is 43.6 Å². The Labute approximate surface area is 163 Å². The molecule has 1 aromatic carbocycles. The van der Waals surface area contributed by atoms with E-state index in [1.165, 1.54) is 18.3 Å². The van der Waals surface area contributed by atoms with Crippen LogP contribution < -0.4 is 16.0 Å². The molecule has 1 amide bonds. The Hall–Kier alpha value is -2.53. The molecule has 1 fully saturated rings. The van der Waals surface area contributed by atoms with E-state index in [-0.39, 0.29) is 28.4 Å². The largest absolute Gasteiger partial charge is 0.416 e. The van der Waals surface area contributed by atoms with Crippen molar-refractivity contribution in [2.45, 2.75) is 63.8 Å². The number of carbonyl (C=O) groups excluding carboxylic acids is 1. The van der Waals surface area contributed by atoms with Gasteiger partial charge in [-0.1, -0.05) is 6.07 Å². The summed E-state index contributed by atoms with van der Waals surface area (Å²) in [5.41, 5.74) is -1.32. The first kappa shape index (κ1) is 21.8. The molecule has 0 bridgehead atoms. The molecule has 0 unspecified atom stereocenters. The maximum Gasteiger partial charge on any atom is 0.416 e. The third-order valence-electron chi connectivity index (χ3n) is 4.47. The second-order valence-electron chi connectivity index (χ2n) is 8.37. The average molecular weight is 394 g/mol. The predicted octanol–water partition coefficient (Wildman–Crippen LogP) is 3.95. The number of hydrogen-bond donors (Lipinski definition) is 3. The van der Waals surface area contributed by atoms with Gasteiger partial charge < -0.3 is 16.0 Å². The van der Waals surface area contributed by atoms with Crippen molar-refractivity contribution in [3.8, 4) is 6.07 Å². The second kappa shape index (κ2) is 7.84. The number of piperidine rings is 1. The Morgan fingerprint density at radius 3 is 2.39 bits per heavy atom. The van der Waals surface area contributed by atoms with Crippen LogP contribution in [0.25, 0.3) is 0 Å². The lowest BCUT2D eigenvalue weighted by atomic mass is 9.80. The number of halogens is 3. The quantitative estimate of drug-likeness (QED) is 0.534. The van der Waals surface area contributed by atoms with E-state index in [0.717, 1.165) is 25.0 Å².